The van der Waals surface area contributed by atoms with Gasteiger partial charge in [-0.2, -0.15) is 5.26 Å². The number of carbonyl (C=O) groups is 1. The van der Waals surface area contributed by atoms with E-state index in [1.807, 2.05) is 13.0 Å². The molecule has 1 aromatic rings. The molecule has 0 aliphatic rings. The van der Waals surface area contributed by atoms with Gasteiger partial charge in [-0.05, 0) is 44.9 Å². The van der Waals surface area contributed by atoms with Crippen LogP contribution in [0.5, 0.6) is 0 Å². The molecule has 4 heteroatoms. The molecule has 0 saturated carbocycles. The molecule has 108 valence electrons. The second-order valence-electron chi connectivity index (χ2n) is 5.52. The summed E-state index contributed by atoms with van der Waals surface area (Å²) in [7, 11) is 0. The van der Waals surface area contributed by atoms with Crippen LogP contribution < -0.4 is 0 Å². The van der Waals surface area contributed by atoms with Crippen LogP contribution in [0.3, 0.4) is 0 Å². The summed E-state index contributed by atoms with van der Waals surface area (Å²) in [5.74, 6) is 0.756. The van der Waals surface area contributed by atoms with Crippen molar-refractivity contribution in [3.63, 3.8) is 0 Å². The molecule has 1 aromatic carbocycles. The Kier molecular flexibility index (Phi) is 5.38. The van der Waals surface area contributed by atoms with Gasteiger partial charge < -0.3 is 5.11 Å². The first-order valence-electron chi connectivity index (χ1n) is 6.67. The summed E-state index contributed by atoms with van der Waals surface area (Å²) in [4.78, 5) is 12.3. The molecule has 0 fully saturated rings. The largest absolute Gasteiger partial charge is 0.384 e. The minimum absolute atomic E-state index is 0.0197. The van der Waals surface area contributed by atoms with E-state index in [0.29, 0.717) is 11.1 Å². The molecule has 0 aromatic heterocycles. The third-order valence-electron chi connectivity index (χ3n) is 3.74. The fourth-order valence-corrected chi connectivity index (χ4v) is 2.75. The molecule has 0 aliphatic heterocycles. The van der Waals surface area contributed by atoms with Crippen LogP contribution in [0, 0.1) is 16.7 Å². The molecule has 1 unspecified atom stereocenters. The summed E-state index contributed by atoms with van der Waals surface area (Å²) in [6, 6.07) is 8.77. The fourth-order valence-electron chi connectivity index (χ4n) is 1.80. The van der Waals surface area contributed by atoms with E-state index in [1.54, 1.807) is 45.0 Å². The first kappa shape index (κ1) is 16.7. The zero-order valence-corrected chi connectivity index (χ0v) is 13.3. The monoisotopic (exact) mass is 291 g/mol. The van der Waals surface area contributed by atoms with Gasteiger partial charge in [0.25, 0.3) is 0 Å². The van der Waals surface area contributed by atoms with Crippen LogP contribution in [0.1, 0.15) is 45.2 Å². The fraction of sp³-hybridized carbons (Fsp3) is 0.500. The molecular formula is C16H21NO2S. The molecule has 0 spiro atoms. The normalized spacial score (nSPS) is 14.4. The number of rotatable bonds is 5. The Morgan fingerprint density at radius 3 is 2.30 bits per heavy atom. The molecule has 1 N–H and O–H groups in total. The Labute approximate surface area is 125 Å². The Bertz CT molecular complexity index is 512. The maximum absolute atomic E-state index is 12.3. The van der Waals surface area contributed by atoms with E-state index < -0.39 is 11.0 Å². The van der Waals surface area contributed by atoms with Gasteiger partial charge in [-0.1, -0.05) is 30.8 Å². The van der Waals surface area contributed by atoms with E-state index in [9.17, 15) is 9.90 Å². The number of benzene rings is 1. The predicted octanol–water partition coefficient (Wildman–Crippen LogP) is 3.46. The van der Waals surface area contributed by atoms with Crippen molar-refractivity contribution in [2.45, 2.75) is 39.7 Å². The molecular weight excluding hydrogens is 270 g/mol. The minimum atomic E-state index is -1.28. The highest BCUT2D eigenvalue weighted by molar-refractivity contribution is 8.13. The van der Waals surface area contributed by atoms with Gasteiger partial charge in [-0.25, -0.2) is 0 Å². The van der Waals surface area contributed by atoms with Crippen LogP contribution in [-0.2, 0) is 10.4 Å². The number of nitriles is 1. The maximum Gasteiger partial charge on any atom is 0.197 e. The second kappa shape index (κ2) is 6.43. The van der Waals surface area contributed by atoms with Crippen LogP contribution in [0.15, 0.2) is 24.3 Å². The standard InChI is InChI=1S/C16H21NO2S/c1-5-10-20-14(18)15(2,3)16(4,19)13-8-6-12(11-17)7-9-13/h6-9,19H,5,10H2,1-4H3. The first-order valence-corrected chi connectivity index (χ1v) is 7.66. The molecule has 3 nitrogen and oxygen atoms in total. The van der Waals surface area contributed by atoms with Crippen LogP contribution >= 0.6 is 11.8 Å². The van der Waals surface area contributed by atoms with Crippen molar-refractivity contribution in [1.29, 1.82) is 5.26 Å². The smallest absolute Gasteiger partial charge is 0.197 e. The van der Waals surface area contributed by atoms with Crippen molar-refractivity contribution >= 4 is 16.9 Å². The number of thioether (sulfide) groups is 1. The lowest BCUT2D eigenvalue weighted by atomic mass is 9.73. The van der Waals surface area contributed by atoms with Gasteiger partial charge in [0.15, 0.2) is 5.12 Å². The average Bonchev–Trinajstić information content (AvgIpc) is 2.44. The van der Waals surface area contributed by atoms with Gasteiger partial charge in [0.05, 0.1) is 22.6 Å². The van der Waals surface area contributed by atoms with Crippen LogP contribution in [0.25, 0.3) is 0 Å². The van der Waals surface area contributed by atoms with Crippen molar-refractivity contribution in [1.82, 2.24) is 0 Å². The summed E-state index contributed by atoms with van der Waals surface area (Å²) in [6.07, 6.45) is 0.922. The Hall–Kier alpha value is -1.31. The molecule has 0 saturated heterocycles. The lowest BCUT2D eigenvalue weighted by Gasteiger charge is -2.38. The van der Waals surface area contributed by atoms with E-state index in [1.165, 1.54) is 11.8 Å². The molecule has 0 bridgehead atoms. The topological polar surface area (TPSA) is 61.1 Å². The Morgan fingerprint density at radius 2 is 1.85 bits per heavy atom. The molecule has 1 rings (SSSR count). The van der Waals surface area contributed by atoms with Crippen molar-refractivity contribution in [2.24, 2.45) is 5.41 Å². The van der Waals surface area contributed by atoms with Crippen molar-refractivity contribution < 1.29 is 9.90 Å². The summed E-state index contributed by atoms with van der Waals surface area (Å²) < 4.78 is 0. The van der Waals surface area contributed by atoms with E-state index >= 15 is 0 Å². The minimum Gasteiger partial charge on any atom is -0.384 e. The van der Waals surface area contributed by atoms with Crippen LogP contribution in [0.4, 0.5) is 0 Å². The van der Waals surface area contributed by atoms with Crippen molar-refractivity contribution in [3.05, 3.63) is 35.4 Å². The van der Waals surface area contributed by atoms with E-state index in [2.05, 4.69) is 0 Å². The molecule has 0 aliphatic carbocycles. The summed E-state index contributed by atoms with van der Waals surface area (Å²) in [5.41, 5.74) is -0.999. The third kappa shape index (κ3) is 3.23. The van der Waals surface area contributed by atoms with Crippen molar-refractivity contribution in [3.8, 4) is 6.07 Å². The van der Waals surface area contributed by atoms with Gasteiger partial charge in [0.1, 0.15) is 0 Å². The van der Waals surface area contributed by atoms with Crippen LogP contribution in [0.2, 0.25) is 0 Å². The third-order valence-corrected chi connectivity index (χ3v) is 5.13. The van der Waals surface area contributed by atoms with E-state index in [-0.39, 0.29) is 5.12 Å². The molecule has 1 atom stereocenters. The summed E-state index contributed by atoms with van der Waals surface area (Å²) >= 11 is 1.26. The lowest BCUT2D eigenvalue weighted by Crippen LogP contribution is -2.44. The van der Waals surface area contributed by atoms with Gasteiger partial charge in [-0.3, -0.25) is 4.79 Å². The van der Waals surface area contributed by atoms with Gasteiger partial charge >= 0.3 is 0 Å². The highest BCUT2D eigenvalue weighted by Gasteiger charge is 2.46. The van der Waals surface area contributed by atoms with Gasteiger partial charge in [-0.15, -0.1) is 0 Å². The van der Waals surface area contributed by atoms with Crippen molar-refractivity contribution in [2.75, 3.05) is 5.75 Å². The highest BCUT2D eigenvalue weighted by Crippen LogP contribution is 2.42. The maximum atomic E-state index is 12.3. The number of hydrogen-bond acceptors (Lipinski definition) is 4. The Balaban J connectivity index is 3.06. The molecule has 0 radical (unpaired) electrons. The number of aliphatic hydroxyl groups is 1. The first-order chi connectivity index (χ1) is 9.27. The zero-order chi connectivity index (χ0) is 15.4. The predicted molar refractivity (Wildman–Crippen MR) is 82.3 cm³/mol. The zero-order valence-electron chi connectivity index (χ0n) is 12.4. The van der Waals surface area contributed by atoms with E-state index in [4.69, 9.17) is 5.26 Å². The highest BCUT2D eigenvalue weighted by atomic mass is 32.2. The lowest BCUT2D eigenvalue weighted by molar-refractivity contribution is -0.133. The average molecular weight is 291 g/mol. The number of carbonyl (C=O) groups excluding carboxylic acids is 1. The second-order valence-corrected chi connectivity index (χ2v) is 6.59. The quantitative estimate of drug-likeness (QED) is 0.902. The van der Waals surface area contributed by atoms with E-state index in [0.717, 1.165) is 12.2 Å². The molecule has 20 heavy (non-hydrogen) atoms. The van der Waals surface area contributed by atoms with Crippen LogP contribution in [-0.4, -0.2) is 16.0 Å². The van der Waals surface area contributed by atoms with Gasteiger partial charge in [0.2, 0.25) is 0 Å². The number of nitrogens with zero attached hydrogens (tertiary/aromatic N) is 1. The molecule has 0 heterocycles. The summed E-state index contributed by atoms with van der Waals surface area (Å²) in [6.45, 7) is 7.19. The number of hydrogen-bond donors (Lipinski definition) is 1. The summed E-state index contributed by atoms with van der Waals surface area (Å²) in [5, 5.41) is 19.6. The Morgan fingerprint density at radius 1 is 1.30 bits per heavy atom. The SMILES string of the molecule is CCCSC(=O)C(C)(C)C(C)(O)c1ccc(C#N)cc1. The van der Waals surface area contributed by atoms with Gasteiger partial charge in [0, 0.05) is 5.75 Å². The molecule has 0 amide bonds.